The highest BCUT2D eigenvalue weighted by atomic mass is 79.9. The molecule has 4 nitrogen and oxygen atoms in total. The number of benzene rings is 2. The lowest BCUT2D eigenvalue weighted by Crippen LogP contribution is -2.14. The van der Waals surface area contributed by atoms with Crippen molar-refractivity contribution < 1.29 is 14.3 Å². The van der Waals surface area contributed by atoms with E-state index in [0.29, 0.717) is 17.9 Å². The van der Waals surface area contributed by atoms with Crippen molar-refractivity contribution in [3.63, 3.8) is 0 Å². The van der Waals surface area contributed by atoms with Crippen LogP contribution in [0.15, 0.2) is 34.8 Å². The first kappa shape index (κ1) is 15.9. The summed E-state index contributed by atoms with van der Waals surface area (Å²) in [5, 5.41) is 2.95. The molecule has 2 aromatic carbocycles. The molecular weight excluding hydrogens is 358 g/mol. The van der Waals surface area contributed by atoms with Crippen LogP contribution in [0.3, 0.4) is 0 Å². The average molecular weight is 376 g/mol. The van der Waals surface area contributed by atoms with Crippen LogP contribution in [0.5, 0.6) is 11.5 Å². The summed E-state index contributed by atoms with van der Waals surface area (Å²) in [6, 6.07) is 9.95. The maximum absolute atomic E-state index is 12.3. The third-order valence-electron chi connectivity index (χ3n) is 4.09. The Labute approximate surface area is 143 Å². The fourth-order valence-electron chi connectivity index (χ4n) is 2.97. The largest absolute Gasteiger partial charge is 0.493 e. The first-order chi connectivity index (χ1) is 11.0. The number of carbonyl (C=O) groups excluding carboxylic acids is 1. The molecule has 1 aliphatic heterocycles. The summed E-state index contributed by atoms with van der Waals surface area (Å²) in [6.07, 6.45) is 0.612. The monoisotopic (exact) mass is 375 g/mol. The van der Waals surface area contributed by atoms with Crippen LogP contribution in [0.4, 0.5) is 5.69 Å². The molecule has 120 valence electrons. The Bertz CT molecular complexity index is 773. The smallest absolute Gasteiger partial charge is 0.232 e. The van der Waals surface area contributed by atoms with Crippen molar-refractivity contribution >= 4 is 27.5 Å². The summed E-state index contributed by atoms with van der Waals surface area (Å²) in [4.78, 5) is 12.3. The number of aryl methyl sites for hydroxylation is 1. The summed E-state index contributed by atoms with van der Waals surface area (Å²) >= 11 is 3.50. The van der Waals surface area contributed by atoms with Crippen LogP contribution < -0.4 is 14.8 Å². The van der Waals surface area contributed by atoms with Gasteiger partial charge in [0.2, 0.25) is 5.91 Å². The van der Waals surface area contributed by atoms with E-state index in [4.69, 9.17) is 9.47 Å². The molecule has 1 N–H and O–H groups in total. The number of hydrogen-bond donors (Lipinski definition) is 1. The van der Waals surface area contributed by atoms with Gasteiger partial charge in [0, 0.05) is 5.69 Å². The number of anilines is 1. The molecule has 1 atom stereocenters. The van der Waals surface area contributed by atoms with Crippen molar-refractivity contribution in [3.05, 3.63) is 51.5 Å². The number of hydrogen-bond acceptors (Lipinski definition) is 3. The standard InChI is InChI=1S/C18H18BrNO3/c1-10-4-5-15-12(6-10)13(18(21)20-15)7-11-8-14(19)17(23-3)16(9-11)22-2/h4-6,8-9,13H,7H2,1-3H3,(H,20,21). The highest BCUT2D eigenvalue weighted by molar-refractivity contribution is 9.10. The minimum absolute atomic E-state index is 0.0384. The van der Waals surface area contributed by atoms with E-state index < -0.39 is 0 Å². The highest BCUT2D eigenvalue weighted by Gasteiger charge is 2.31. The molecule has 5 heteroatoms. The minimum atomic E-state index is -0.185. The molecule has 3 rings (SSSR count). The molecule has 0 aliphatic carbocycles. The van der Waals surface area contributed by atoms with Crippen LogP contribution in [-0.4, -0.2) is 20.1 Å². The van der Waals surface area contributed by atoms with E-state index in [1.54, 1.807) is 14.2 Å². The Morgan fingerprint density at radius 3 is 2.65 bits per heavy atom. The van der Waals surface area contributed by atoms with Crippen LogP contribution in [0.25, 0.3) is 0 Å². The van der Waals surface area contributed by atoms with Gasteiger partial charge < -0.3 is 14.8 Å². The van der Waals surface area contributed by atoms with E-state index in [-0.39, 0.29) is 11.8 Å². The van der Waals surface area contributed by atoms with Crippen LogP contribution in [0, 0.1) is 6.92 Å². The maximum atomic E-state index is 12.3. The predicted molar refractivity (Wildman–Crippen MR) is 93.5 cm³/mol. The minimum Gasteiger partial charge on any atom is -0.493 e. The van der Waals surface area contributed by atoms with Crippen molar-refractivity contribution in [2.24, 2.45) is 0 Å². The van der Waals surface area contributed by atoms with Gasteiger partial charge in [0.25, 0.3) is 0 Å². The predicted octanol–water partition coefficient (Wildman–Crippen LogP) is 4.05. The quantitative estimate of drug-likeness (QED) is 0.876. The molecule has 23 heavy (non-hydrogen) atoms. The number of ether oxygens (including phenoxy) is 2. The van der Waals surface area contributed by atoms with Gasteiger partial charge in [-0.3, -0.25) is 4.79 Å². The van der Waals surface area contributed by atoms with Gasteiger partial charge in [-0.05, 0) is 58.6 Å². The normalized spacial score (nSPS) is 16.0. The average Bonchev–Trinajstić information content (AvgIpc) is 2.82. The van der Waals surface area contributed by atoms with Crippen molar-refractivity contribution in [2.75, 3.05) is 19.5 Å². The molecular formula is C18H18BrNO3. The number of rotatable bonds is 4. The van der Waals surface area contributed by atoms with E-state index >= 15 is 0 Å². The third kappa shape index (κ3) is 2.93. The van der Waals surface area contributed by atoms with E-state index in [1.807, 2.05) is 31.2 Å². The lowest BCUT2D eigenvalue weighted by molar-refractivity contribution is -0.117. The summed E-state index contributed by atoms with van der Waals surface area (Å²) in [5.74, 6) is 1.16. The molecule has 0 saturated heterocycles. The first-order valence-electron chi connectivity index (χ1n) is 7.35. The zero-order valence-corrected chi connectivity index (χ0v) is 14.9. The Hall–Kier alpha value is -2.01. The molecule has 1 amide bonds. The molecule has 0 radical (unpaired) electrons. The van der Waals surface area contributed by atoms with Crippen LogP contribution in [-0.2, 0) is 11.2 Å². The molecule has 1 aliphatic rings. The Kier molecular flexibility index (Phi) is 4.31. The fourth-order valence-corrected chi connectivity index (χ4v) is 3.62. The summed E-state index contributed by atoms with van der Waals surface area (Å²) in [7, 11) is 3.21. The molecule has 0 spiro atoms. The molecule has 0 fully saturated rings. The van der Waals surface area contributed by atoms with Crippen molar-refractivity contribution in [1.29, 1.82) is 0 Å². The highest BCUT2D eigenvalue weighted by Crippen LogP contribution is 2.40. The number of carbonyl (C=O) groups is 1. The maximum Gasteiger partial charge on any atom is 0.232 e. The number of nitrogens with one attached hydrogen (secondary N) is 1. The Morgan fingerprint density at radius 1 is 1.17 bits per heavy atom. The summed E-state index contributed by atoms with van der Waals surface area (Å²) in [6.45, 7) is 2.03. The molecule has 0 aromatic heterocycles. The first-order valence-corrected chi connectivity index (χ1v) is 8.14. The second kappa shape index (κ2) is 6.24. The Balaban J connectivity index is 1.96. The van der Waals surface area contributed by atoms with Gasteiger partial charge in [0.15, 0.2) is 11.5 Å². The molecule has 2 aromatic rings. The molecule has 0 bridgehead atoms. The van der Waals surface area contributed by atoms with E-state index in [2.05, 4.69) is 27.3 Å². The number of amides is 1. The van der Waals surface area contributed by atoms with Gasteiger partial charge in [-0.15, -0.1) is 0 Å². The van der Waals surface area contributed by atoms with E-state index in [0.717, 1.165) is 26.9 Å². The van der Waals surface area contributed by atoms with Gasteiger partial charge in [-0.25, -0.2) is 0 Å². The zero-order chi connectivity index (χ0) is 16.6. The van der Waals surface area contributed by atoms with Crippen molar-refractivity contribution in [2.45, 2.75) is 19.3 Å². The van der Waals surface area contributed by atoms with Crippen LogP contribution in [0.1, 0.15) is 22.6 Å². The number of halogens is 1. The summed E-state index contributed by atoms with van der Waals surface area (Å²) < 4.78 is 11.5. The molecule has 1 heterocycles. The topological polar surface area (TPSA) is 47.6 Å². The summed E-state index contributed by atoms with van der Waals surface area (Å²) in [5.41, 5.74) is 4.13. The second-order valence-electron chi connectivity index (χ2n) is 5.65. The fraction of sp³-hybridized carbons (Fsp3) is 0.278. The Morgan fingerprint density at radius 2 is 1.96 bits per heavy atom. The second-order valence-corrected chi connectivity index (χ2v) is 6.50. The van der Waals surface area contributed by atoms with Gasteiger partial charge in [0.05, 0.1) is 24.6 Å². The van der Waals surface area contributed by atoms with Crippen LogP contribution in [0.2, 0.25) is 0 Å². The van der Waals surface area contributed by atoms with Gasteiger partial charge in [-0.2, -0.15) is 0 Å². The molecule has 0 saturated carbocycles. The van der Waals surface area contributed by atoms with E-state index in [1.165, 1.54) is 0 Å². The number of methoxy groups -OCH3 is 2. The van der Waals surface area contributed by atoms with Crippen LogP contribution >= 0.6 is 15.9 Å². The van der Waals surface area contributed by atoms with Gasteiger partial charge >= 0.3 is 0 Å². The van der Waals surface area contributed by atoms with E-state index in [9.17, 15) is 4.79 Å². The lowest BCUT2D eigenvalue weighted by atomic mass is 9.92. The third-order valence-corrected chi connectivity index (χ3v) is 4.68. The molecule has 1 unspecified atom stereocenters. The SMILES string of the molecule is COc1cc(CC2C(=O)Nc3ccc(C)cc32)cc(Br)c1OC. The van der Waals surface area contributed by atoms with Crippen molar-refractivity contribution in [1.82, 2.24) is 0 Å². The lowest BCUT2D eigenvalue weighted by Gasteiger charge is -2.14. The zero-order valence-electron chi connectivity index (χ0n) is 13.3. The van der Waals surface area contributed by atoms with Gasteiger partial charge in [-0.1, -0.05) is 17.7 Å². The van der Waals surface area contributed by atoms with Crippen molar-refractivity contribution in [3.8, 4) is 11.5 Å². The number of fused-ring (bicyclic) bond motifs is 1. The van der Waals surface area contributed by atoms with Gasteiger partial charge in [0.1, 0.15) is 0 Å².